The van der Waals surface area contributed by atoms with Gasteiger partial charge in [0, 0.05) is 4.90 Å². The number of benzene rings is 2. The zero-order valence-corrected chi connectivity index (χ0v) is 12.4. The molecule has 0 fully saturated rings. The Morgan fingerprint density at radius 3 is 2.47 bits per heavy atom. The topological polar surface area (TPSA) is 26.0 Å². The Morgan fingerprint density at radius 1 is 0.947 bits per heavy atom. The van der Waals surface area contributed by atoms with E-state index >= 15 is 0 Å². The minimum atomic E-state index is 0.425. The average molecular weight is 331 g/mol. The summed E-state index contributed by atoms with van der Waals surface area (Å²) in [5, 5.41) is 1.90. The fourth-order valence-corrected chi connectivity index (χ4v) is 3.10. The van der Waals surface area contributed by atoms with E-state index in [9.17, 15) is 0 Å². The third kappa shape index (κ3) is 2.70. The lowest BCUT2D eigenvalue weighted by Crippen LogP contribution is -1.78. The van der Waals surface area contributed by atoms with Crippen molar-refractivity contribution in [2.24, 2.45) is 0 Å². The van der Waals surface area contributed by atoms with Crippen molar-refractivity contribution < 1.29 is 4.42 Å². The molecule has 1 heterocycles. The second-order valence-corrected chi connectivity index (χ2v) is 5.96. The van der Waals surface area contributed by atoms with Crippen LogP contribution in [0.1, 0.15) is 0 Å². The summed E-state index contributed by atoms with van der Waals surface area (Å²) in [6.45, 7) is 0. The van der Waals surface area contributed by atoms with Gasteiger partial charge in [-0.05, 0) is 36.0 Å². The van der Waals surface area contributed by atoms with Gasteiger partial charge in [-0.25, -0.2) is 4.98 Å². The molecule has 0 atom stereocenters. The summed E-state index contributed by atoms with van der Waals surface area (Å²) < 4.78 is 5.61. The monoisotopic (exact) mass is 329 g/mol. The van der Waals surface area contributed by atoms with Gasteiger partial charge in [-0.2, -0.15) is 0 Å². The fraction of sp³-hybridized carbons (Fsp3) is 0. The molecule has 0 aliphatic heterocycles. The summed E-state index contributed by atoms with van der Waals surface area (Å²) in [5.41, 5.74) is 1.54. The Bertz CT molecular complexity index is 724. The number of aromatic nitrogens is 1. The highest BCUT2D eigenvalue weighted by Gasteiger charge is 2.12. The largest absolute Gasteiger partial charge is 0.431 e. The molecule has 6 heteroatoms. The predicted molar refractivity (Wildman–Crippen MR) is 79.6 cm³/mol. The van der Waals surface area contributed by atoms with Crippen LogP contribution in [-0.2, 0) is 0 Å². The summed E-state index contributed by atoms with van der Waals surface area (Å²) in [6.07, 6.45) is 0. The lowest BCUT2D eigenvalue weighted by molar-refractivity contribution is 0.489. The van der Waals surface area contributed by atoms with Gasteiger partial charge in [-0.15, -0.1) is 0 Å². The van der Waals surface area contributed by atoms with Crippen molar-refractivity contribution in [3.8, 4) is 0 Å². The Balaban J connectivity index is 1.98. The van der Waals surface area contributed by atoms with E-state index < -0.39 is 0 Å². The molecule has 0 aliphatic carbocycles. The quantitative estimate of drug-likeness (QED) is 0.544. The molecule has 1 aromatic heterocycles. The zero-order valence-electron chi connectivity index (χ0n) is 9.36. The van der Waals surface area contributed by atoms with Crippen LogP contribution in [0.15, 0.2) is 50.9 Å². The van der Waals surface area contributed by atoms with E-state index in [0.29, 0.717) is 20.3 Å². The first-order valence-corrected chi connectivity index (χ1v) is 7.26. The first kappa shape index (κ1) is 13.1. The highest BCUT2D eigenvalue weighted by Crippen LogP contribution is 2.38. The van der Waals surface area contributed by atoms with Gasteiger partial charge >= 0.3 is 0 Å². The summed E-state index contributed by atoms with van der Waals surface area (Å²) in [5.74, 6) is 0. The number of fused-ring (bicyclic) bond motifs is 1. The maximum absolute atomic E-state index is 6.12. The Morgan fingerprint density at radius 2 is 1.68 bits per heavy atom. The van der Waals surface area contributed by atoms with Crippen LogP contribution in [0.25, 0.3) is 11.1 Å². The third-order valence-electron chi connectivity index (χ3n) is 2.45. The normalized spacial score (nSPS) is 11.1. The lowest BCUT2D eigenvalue weighted by atomic mass is 10.3. The summed E-state index contributed by atoms with van der Waals surface area (Å²) in [4.78, 5) is 5.12. The van der Waals surface area contributed by atoms with Crippen molar-refractivity contribution in [2.75, 3.05) is 0 Å². The van der Waals surface area contributed by atoms with E-state index in [0.717, 1.165) is 16.0 Å². The van der Waals surface area contributed by atoms with Gasteiger partial charge in [-0.1, -0.05) is 46.9 Å². The molecule has 0 aliphatic rings. The van der Waals surface area contributed by atoms with Crippen LogP contribution in [-0.4, -0.2) is 4.98 Å². The lowest BCUT2D eigenvalue weighted by Gasteiger charge is -2.03. The van der Waals surface area contributed by atoms with Crippen LogP contribution in [0.2, 0.25) is 15.1 Å². The maximum Gasteiger partial charge on any atom is 0.261 e. The number of hydrogen-bond acceptors (Lipinski definition) is 3. The van der Waals surface area contributed by atoms with Crippen molar-refractivity contribution in [3.05, 3.63) is 51.5 Å². The van der Waals surface area contributed by atoms with Crippen molar-refractivity contribution in [1.82, 2.24) is 4.98 Å². The van der Waals surface area contributed by atoms with Crippen molar-refractivity contribution >= 4 is 57.7 Å². The van der Waals surface area contributed by atoms with Crippen LogP contribution in [0.5, 0.6) is 0 Å². The van der Waals surface area contributed by atoms with E-state index in [1.165, 1.54) is 11.8 Å². The van der Waals surface area contributed by atoms with Crippen molar-refractivity contribution in [2.45, 2.75) is 10.1 Å². The SMILES string of the molecule is Clc1cc(Cl)c(Sc2nc3ccccc3o2)cc1Cl. The highest BCUT2D eigenvalue weighted by molar-refractivity contribution is 7.99. The smallest absolute Gasteiger partial charge is 0.261 e. The molecule has 0 N–H and O–H groups in total. The van der Waals surface area contributed by atoms with Gasteiger partial charge in [0.25, 0.3) is 5.22 Å². The first-order valence-electron chi connectivity index (χ1n) is 5.31. The number of para-hydroxylation sites is 2. The molecule has 3 aromatic rings. The molecule has 0 saturated heterocycles. The molecule has 0 bridgehead atoms. The van der Waals surface area contributed by atoms with Crippen LogP contribution in [0.4, 0.5) is 0 Å². The predicted octanol–water partition coefficient (Wildman–Crippen LogP) is 5.94. The minimum Gasteiger partial charge on any atom is -0.431 e. The van der Waals surface area contributed by atoms with E-state index in [-0.39, 0.29) is 0 Å². The van der Waals surface area contributed by atoms with Crippen LogP contribution < -0.4 is 0 Å². The Kier molecular flexibility index (Phi) is 3.63. The first-order chi connectivity index (χ1) is 9.13. The van der Waals surface area contributed by atoms with Gasteiger partial charge in [0.2, 0.25) is 0 Å². The second-order valence-electron chi connectivity index (χ2n) is 3.75. The van der Waals surface area contributed by atoms with Gasteiger partial charge in [0.15, 0.2) is 5.58 Å². The van der Waals surface area contributed by atoms with Gasteiger partial charge in [0.1, 0.15) is 5.52 Å². The second kappa shape index (κ2) is 5.25. The average Bonchev–Trinajstić information content (AvgIpc) is 2.78. The number of oxazole rings is 1. The molecule has 19 heavy (non-hydrogen) atoms. The van der Waals surface area contributed by atoms with Gasteiger partial charge in [0.05, 0.1) is 15.1 Å². The number of hydrogen-bond donors (Lipinski definition) is 0. The summed E-state index contributed by atoms with van der Waals surface area (Å²) >= 11 is 19.3. The fourth-order valence-electron chi connectivity index (χ4n) is 1.57. The van der Waals surface area contributed by atoms with Gasteiger partial charge in [-0.3, -0.25) is 0 Å². The molecular weight excluding hydrogens is 325 g/mol. The molecule has 0 unspecified atom stereocenters. The third-order valence-corrected chi connectivity index (χ3v) is 4.50. The molecule has 96 valence electrons. The van der Waals surface area contributed by atoms with E-state index in [1.54, 1.807) is 12.1 Å². The number of nitrogens with zero attached hydrogens (tertiary/aromatic N) is 1. The van der Waals surface area contributed by atoms with Gasteiger partial charge < -0.3 is 4.42 Å². The molecule has 0 amide bonds. The highest BCUT2D eigenvalue weighted by atomic mass is 35.5. The van der Waals surface area contributed by atoms with Crippen molar-refractivity contribution in [3.63, 3.8) is 0 Å². The number of rotatable bonds is 2. The number of halogens is 3. The van der Waals surface area contributed by atoms with Crippen LogP contribution in [0, 0.1) is 0 Å². The molecule has 3 rings (SSSR count). The molecule has 2 nitrogen and oxygen atoms in total. The van der Waals surface area contributed by atoms with E-state index in [1.807, 2.05) is 24.3 Å². The molecule has 0 saturated carbocycles. The summed E-state index contributed by atoms with van der Waals surface area (Å²) in [6, 6.07) is 10.9. The van der Waals surface area contributed by atoms with Crippen LogP contribution >= 0.6 is 46.6 Å². The summed E-state index contributed by atoms with van der Waals surface area (Å²) in [7, 11) is 0. The zero-order chi connectivity index (χ0) is 13.4. The van der Waals surface area contributed by atoms with E-state index in [4.69, 9.17) is 39.2 Å². The van der Waals surface area contributed by atoms with E-state index in [2.05, 4.69) is 4.98 Å². The standard InChI is InChI=1S/C13H6Cl3NOS/c14-7-5-9(16)12(6-8(7)15)19-13-17-10-3-1-2-4-11(10)18-13/h1-6H. The molecular formula is C13H6Cl3NOS. The molecule has 0 spiro atoms. The maximum atomic E-state index is 6.12. The van der Waals surface area contributed by atoms with Crippen molar-refractivity contribution in [1.29, 1.82) is 0 Å². The molecule has 0 radical (unpaired) electrons. The van der Waals surface area contributed by atoms with Crippen LogP contribution in [0.3, 0.4) is 0 Å². The Labute approximate surface area is 128 Å². The Hall–Kier alpha value is -0.870. The minimum absolute atomic E-state index is 0.425. The molecule has 2 aromatic carbocycles.